The van der Waals surface area contributed by atoms with Crippen molar-refractivity contribution >= 4 is 43.4 Å². The lowest BCUT2D eigenvalue weighted by Gasteiger charge is -2.03. The summed E-state index contributed by atoms with van der Waals surface area (Å²) in [6.45, 7) is 4.20. The van der Waals surface area contributed by atoms with Crippen molar-refractivity contribution in [3.05, 3.63) is 62.4 Å². The number of aryl methyl sites for hydroxylation is 3. The van der Waals surface area contributed by atoms with Crippen LogP contribution in [0.2, 0.25) is 0 Å². The smallest absolute Gasteiger partial charge is 0.279 e. The minimum Gasteiger partial charge on any atom is -0.319 e. The van der Waals surface area contributed by atoms with Crippen LogP contribution in [0.25, 0.3) is 10.2 Å². The topological polar surface area (TPSA) is 34.4 Å². The van der Waals surface area contributed by atoms with E-state index in [0.29, 0.717) is 5.56 Å². The number of thiazole rings is 1. The maximum atomic E-state index is 12.3. The standard InChI is InChI=1S/C17H15BrN2OS/c1-10-4-9-14-15(11(10)2)20(3)17(22-14)19-16(21)12-5-7-13(18)8-6-12/h4-9H,1-3H3. The molecule has 0 radical (unpaired) electrons. The van der Waals surface area contributed by atoms with Gasteiger partial charge in [-0.2, -0.15) is 4.99 Å². The van der Waals surface area contributed by atoms with E-state index in [0.717, 1.165) is 19.5 Å². The third-order valence-electron chi connectivity index (χ3n) is 3.78. The summed E-state index contributed by atoms with van der Waals surface area (Å²) in [5.41, 5.74) is 4.21. The van der Waals surface area contributed by atoms with Gasteiger partial charge in [0.15, 0.2) is 4.80 Å². The first-order chi connectivity index (χ1) is 10.5. The van der Waals surface area contributed by atoms with Crippen molar-refractivity contribution < 1.29 is 4.79 Å². The Hall–Kier alpha value is -1.72. The van der Waals surface area contributed by atoms with E-state index in [-0.39, 0.29) is 5.91 Å². The van der Waals surface area contributed by atoms with Crippen LogP contribution < -0.4 is 4.80 Å². The highest BCUT2D eigenvalue weighted by atomic mass is 79.9. The fraction of sp³-hybridized carbons (Fsp3) is 0.176. The van der Waals surface area contributed by atoms with Crippen LogP contribution in [0.1, 0.15) is 21.5 Å². The van der Waals surface area contributed by atoms with Crippen molar-refractivity contribution in [2.24, 2.45) is 12.0 Å². The molecule has 112 valence electrons. The molecule has 1 heterocycles. The molecule has 0 N–H and O–H groups in total. The first kappa shape index (κ1) is 15.2. The molecule has 3 nitrogen and oxygen atoms in total. The van der Waals surface area contributed by atoms with E-state index in [9.17, 15) is 4.79 Å². The van der Waals surface area contributed by atoms with Gasteiger partial charge in [-0.3, -0.25) is 4.79 Å². The normalized spacial score (nSPS) is 12.1. The predicted molar refractivity (Wildman–Crippen MR) is 94.3 cm³/mol. The molecule has 3 aromatic rings. The summed E-state index contributed by atoms with van der Waals surface area (Å²) in [6.07, 6.45) is 0. The van der Waals surface area contributed by atoms with E-state index in [2.05, 4.69) is 46.9 Å². The molecule has 0 aliphatic heterocycles. The van der Waals surface area contributed by atoms with Crippen LogP contribution >= 0.6 is 27.3 Å². The van der Waals surface area contributed by atoms with Crippen LogP contribution in [0, 0.1) is 13.8 Å². The molecule has 0 spiro atoms. The van der Waals surface area contributed by atoms with Crippen molar-refractivity contribution in [3.8, 4) is 0 Å². The minimum absolute atomic E-state index is 0.218. The van der Waals surface area contributed by atoms with E-state index in [4.69, 9.17) is 0 Å². The van der Waals surface area contributed by atoms with E-state index in [1.54, 1.807) is 12.1 Å². The Morgan fingerprint density at radius 2 is 1.82 bits per heavy atom. The number of halogens is 1. The van der Waals surface area contributed by atoms with Crippen molar-refractivity contribution in [2.75, 3.05) is 0 Å². The predicted octanol–water partition coefficient (Wildman–Crippen LogP) is 4.36. The molecular formula is C17H15BrN2OS. The highest BCUT2D eigenvalue weighted by Gasteiger charge is 2.09. The van der Waals surface area contributed by atoms with Gasteiger partial charge < -0.3 is 4.57 Å². The van der Waals surface area contributed by atoms with Crippen LogP contribution in [0.4, 0.5) is 0 Å². The summed E-state index contributed by atoms with van der Waals surface area (Å²) in [5.74, 6) is -0.218. The Bertz CT molecular complexity index is 936. The van der Waals surface area contributed by atoms with Gasteiger partial charge in [-0.05, 0) is 55.3 Å². The number of benzene rings is 2. The van der Waals surface area contributed by atoms with Crippen LogP contribution in [0.5, 0.6) is 0 Å². The second-order valence-electron chi connectivity index (χ2n) is 5.22. The zero-order valence-electron chi connectivity index (χ0n) is 12.6. The summed E-state index contributed by atoms with van der Waals surface area (Å²) < 4.78 is 4.09. The maximum Gasteiger partial charge on any atom is 0.279 e. The molecule has 5 heteroatoms. The maximum absolute atomic E-state index is 12.3. The lowest BCUT2D eigenvalue weighted by atomic mass is 10.1. The second kappa shape index (κ2) is 5.82. The highest BCUT2D eigenvalue weighted by Crippen LogP contribution is 2.23. The Morgan fingerprint density at radius 3 is 2.50 bits per heavy atom. The lowest BCUT2D eigenvalue weighted by Crippen LogP contribution is -2.13. The molecule has 1 amide bonds. The summed E-state index contributed by atoms with van der Waals surface area (Å²) >= 11 is 4.91. The van der Waals surface area contributed by atoms with Crippen molar-refractivity contribution in [1.29, 1.82) is 0 Å². The number of carbonyl (C=O) groups is 1. The number of amides is 1. The zero-order chi connectivity index (χ0) is 15.9. The molecule has 0 fully saturated rings. The van der Waals surface area contributed by atoms with Crippen LogP contribution in [-0.4, -0.2) is 10.5 Å². The van der Waals surface area contributed by atoms with Gasteiger partial charge >= 0.3 is 0 Å². The average molecular weight is 375 g/mol. The monoisotopic (exact) mass is 374 g/mol. The van der Waals surface area contributed by atoms with Gasteiger partial charge in [-0.15, -0.1) is 0 Å². The van der Waals surface area contributed by atoms with Crippen molar-refractivity contribution in [2.45, 2.75) is 13.8 Å². The molecule has 0 aliphatic rings. The van der Waals surface area contributed by atoms with Crippen LogP contribution in [-0.2, 0) is 7.05 Å². The molecule has 1 aromatic heterocycles. The molecule has 22 heavy (non-hydrogen) atoms. The van der Waals surface area contributed by atoms with E-state index < -0.39 is 0 Å². The molecule has 0 bridgehead atoms. The fourth-order valence-electron chi connectivity index (χ4n) is 2.38. The fourth-order valence-corrected chi connectivity index (χ4v) is 3.72. The summed E-state index contributed by atoms with van der Waals surface area (Å²) in [7, 11) is 1.96. The lowest BCUT2D eigenvalue weighted by molar-refractivity contribution is 0.0998. The number of carbonyl (C=O) groups excluding carboxylic acids is 1. The third kappa shape index (κ3) is 2.66. The molecule has 0 unspecified atom stereocenters. The number of hydrogen-bond donors (Lipinski definition) is 0. The number of hydrogen-bond acceptors (Lipinski definition) is 2. The Morgan fingerprint density at radius 1 is 1.14 bits per heavy atom. The molecule has 3 rings (SSSR count). The molecule has 0 aliphatic carbocycles. The van der Waals surface area contributed by atoms with Crippen LogP contribution in [0.15, 0.2) is 45.9 Å². The molecule has 0 saturated heterocycles. The second-order valence-corrected chi connectivity index (χ2v) is 7.15. The Kier molecular flexibility index (Phi) is 4.02. The summed E-state index contributed by atoms with van der Waals surface area (Å²) in [6, 6.07) is 11.4. The van der Waals surface area contributed by atoms with Crippen LogP contribution in [0.3, 0.4) is 0 Å². The molecule has 2 aromatic carbocycles. The number of fused-ring (bicyclic) bond motifs is 1. The Labute approximate surface area is 141 Å². The average Bonchev–Trinajstić information content (AvgIpc) is 2.81. The largest absolute Gasteiger partial charge is 0.319 e. The Balaban J connectivity index is 2.13. The van der Waals surface area contributed by atoms with E-state index in [1.807, 2.05) is 23.7 Å². The molecule has 0 atom stereocenters. The quantitative estimate of drug-likeness (QED) is 0.622. The van der Waals surface area contributed by atoms with Gasteiger partial charge in [0.1, 0.15) is 0 Å². The van der Waals surface area contributed by atoms with Gasteiger partial charge in [-0.25, -0.2) is 0 Å². The van der Waals surface area contributed by atoms with Gasteiger partial charge in [0.25, 0.3) is 5.91 Å². The number of nitrogens with zero attached hydrogens (tertiary/aromatic N) is 2. The van der Waals surface area contributed by atoms with Crippen molar-refractivity contribution in [3.63, 3.8) is 0 Å². The molecular weight excluding hydrogens is 360 g/mol. The SMILES string of the molecule is Cc1ccc2sc(=NC(=O)c3ccc(Br)cc3)n(C)c2c1C. The first-order valence-electron chi connectivity index (χ1n) is 6.88. The zero-order valence-corrected chi connectivity index (χ0v) is 15.0. The number of rotatable bonds is 1. The summed E-state index contributed by atoms with van der Waals surface area (Å²) in [5, 5.41) is 0. The van der Waals surface area contributed by atoms with Gasteiger partial charge in [0.2, 0.25) is 0 Å². The first-order valence-corrected chi connectivity index (χ1v) is 8.48. The third-order valence-corrected chi connectivity index (χ3v) is 5.40. The molecule has 0 saturated carbocycles. The van der Waals surface area contributed by atoms with E-state index >= 15 is 0 Å². The van der Waals surface area contributed by atoms with Gasteiger partial charge in [-0.1, -0.05) is 33.3 Å². The summed E-state index contributed by atoms with van der Waals surface area (Å²) in [4.78, 5) is 17.3. The number of aromatic nitrogens is 1. The highest BCUT2D eigenvalue weighted by molar-refractivity contribution is 9.10. The van der Waals surface area contributed by atoms with Gasteiger partial charge in [0, 0.05) is 17.1 Å². The van der Waals surface area contributed by atoms with Gasteiger partial charge in [0.05, 0.1) is 10.2 Å². The van der Waals surface area contributed by atoms with E-state index in [1.165, 1.54) is 22.5 Å². The van der Waals surface area contributed by atoms with Crippen molar-refractivity contribution in [1.82, 2.24) is 4.57 Å². The minimum atomic E-state index is -0.218.